The van der Waals surface area contributed by atoms with Gasteiger partial charge in [-0.3, -0.25) is 4.79 Å². The van der Waals surface area contributed by atoms with Gasteiger partial charge in [0.1, 0.15) is 11.6 Å². The van der Waals surface area contributed by atoms with Crippen molar-refractivity contribution in [2.24, 2.45) is 0 Å². The molecule has 4 rings (SSSR count). The Labute approximate surface area is 183 Å². The Balaban J connectivity index is 1.71. The van der Waals surface area contributed by atoms with E-state index in [0.29, 0.717) is 34.3 Å². The summed E-state index contributed by atoms with van der Waals surface area (Å²) in [6.07, 6.45) is 0. The Morgan fingerprint density at radius 1 is 1.06 bits per heavy atom. The van der Waals surface area contributed by atoms with Gasteiger partial charge in [-0.25, -0.2) is 4.39 Å². The first-order valence-corrected chi connectivity index (χ1v) is 9.82. The summed E-state index contributed by atoms with van der Waals surface area (Å²) in [6.45, 7) is 0.332. The number of nitrogens with zero attached hydrogens (tertiary/aromatic N) is 3. The smallest absolute Gasteiger partial charge is 0.285 e. The zero-order chi connectivity index (χ0) is 21.8. The van der Waals surface area contributed by atoms with Crippen LogP contribution in [0.25, 0.3) is 11.4 Å². The van der Waals surface area contributed by atoms with Crippen LogP contribution in [-0.4, -0.2) is 27.8 Å². The molecular weight excluding hydrogens is 419 g/mol. The quantitative estimate of drug-likeness (QED) is 0.458. The average molecular weight is 437 g/mol. The van der Waals surface area contributed by atoms with Gasteiger partial charge < -0.3 is 10.1 Å². The highest BCUT2D eigenvalue weighted by Crippen LogP contribution is 2.24. The van der Waals surface area contributed by atoms with Crippen LogP contribution in [0.15, 0.2) is 72.8 Å². The molecule has 1 heterocycles. The van der Waals surface area contributed by atoms with E-state index in [1.165, 1.54) is 23.9 Å². The molecule has 8 heteroatoms. The predicted octanol–water partition coefficient (Wildman–Crippen LogP) is 5.05. The molecule has 0 radical (unpaired) electrons. The van der Waals surface area contributed by atoms with Crippen molar-refractivity contribution >= 4 is 23.5 Å². The summed E-state index contributed by atoms with van der Waals surface area (Å²) in [5.74, 6) is 0.335. The van der Waals surface area contributed by atoms with E-state index in [0.717, 1.165) is 5.56 Å². The van der Waals surface area contributed by atoms with E-state index in [2.05, 4.69) is 15.4 Å². The standard InChI is InChI=1S/C23H18ClFN4O2/c1-31-20-5-3-2-4-19(20)22(30)29-23(26-14-15-6-12-18(25)13-7-15)27-21(28-29)16-8-10-17(24)11-9-16/h2-13H,14H2,1H3,(H,26,27,28). The summed E-state index contributed by atoms with van der Waals surface area (Å²) in [5.41, 5.74) is 1.89. The first-order valence-electron chi connectivity index (χ1n) is 9.44. The van der Waals surface area contributed by atoms with Gasteiger partial charge in [-0.15, -0.1) is 5.10 Å². The van der Waals surface area contributed by atoms with Gasteiger partial charge in [-0.05, 0) is 54.1 Å². The van der Waals surface area contributed by atoms with Crippen molar-refractivity contribution in [2.45, 2.75) is 6.54 Å². The number of nitrogens with one attached hydrogen (secondary N) is 1. The van der Waals surface area contributed by atoms with Gasteiger partial charge in [0.25, 0.3) is 5.91 Å². The number of hydrogen-bond donors (Lipinski definition) is 1. The molecule has 3 aromatic carbocycles. The summed E-state index contributed by atoms with van der Waals surface area (Å²) < 4.78 is 19.7. The molecule has 6 nitrogen and oxygen atoms in total. The molecule has 0 aliphatic carbocycles. The third-order valence-corrected chi connectivity index (χ3v) is 4.86. The SMILES string of the molecule is COc1ccccc1C(=O)n1nc(-c2ccc(Cl)cc2)nc1NCc1ccc(F)cc1. The molecule has 0 amide bonds. The van der Waals surface area contributed by atoms with Crippen LogP contribution in [0, 0.1) is 5.82 Å². The molecule has 0 aliphatic heterocycles. The maximum Gasteiger partial charge on any atom is 0.285 e. The van der Waals surface area contributed by atoms with Crippen LogP contribution in [0.2, 0.25) is 5.02 Å². The Morgan fingerprint density at radius 2 is 1.77 bits per heavy atom. The van der Waals surface area contributed by atoms with Crippen molar-refractivity contribution in [1.29, 1.82) is 0 Å². The number of carbonyl (C=O) groups excluding carboxylic acids is 1. The van der Waals surface area contributed by atoms with Gasteiger partial charge in [0.05, 0.1) is 12.7 Å². The van der Waals surface area contributed by atoms with Crippen LogP contribution in [0.4, 0.5) is 10.3 Å². The number of hydrogen-bond acceptors (Lipinski definition) is 5. The number of para-hydroxylation sites is 1. The fraction of sp³-hybridized carbons (Fsp3) is 0.0870. The minimum atomic E-state index is -0.397. The Hall–Kier alpha value is -3.71. The summed E-state index contributed by atoms with van der Waals surface area (Å²) in [6, 6.07) is 20.0. The minimum Gasteiger partial charge on any atom is -0.496 e. The second-order valence-corrected chi connectivity index (χ2v) is 7.10. The van der Waals surface area contributed by atoms with Crippen molar-refractivity contribution < 1.29 is 13.9 Å². The summed E-state index contributed by atoms with van der Waals surface area (Å²) >= 11 is 5.98. The molecule has 156 valence electrons. The van der Waals surface area contributed by atoms with Crippen molar-refractivity contribution in [1.82, 2.24) is 14.8 Å². The minimum absolute atomic E-state index is 0.255. The molecule has 31 heavy (non-hydrogen) atoms. The van der Waals surface area contributed by atoms with E-state index in [1.807, 2.05) is 0 Å². The number of benzene rings is 3. The number of rotatable bonds is 6. The average Bonchev–Trinajstić information content (AvgIpc) is 3.23. The van der Waals surface area contributed by atoms with E-state index in [4.69, 9.17) is 16.3 Å². The number of halogens is 2. The highest BCUT2D eigenvalue weighted by molar-refractivity contribution is 6.30. The summed E-state index contributed by atoms with van der Waals surface area (Å²) in [4.78, 5) is 17.8. The maximum absolute atomic E-state index is 13.3. The first kappa shape index (κ1) is 20.6. The van der Waals surface area contributed by atoms with Crippen LogP contribution in [0.5, 0.6) is 5.75 Å². The lowest BCUT2D eigenvalue weighted by atomic mass is 10.2. The second kappa shape index (κ2) is 8.97. The van der Waals surface area contributed by atoms with E-state index in [-0.39, 0.29) is 11.8 Å². The lowest BCUT2D eigenvalue weighted by Crippen LogP contribution is -2.18. The third-order valence-electron chi connectivity index (χ3n) is 4.60. The molecule has 0 fully saturated rings. The number of carbonyl (C=O) groups is 1. The van der Waals surface area contributed by atoms with Crippen molar-refractivity contribution in [3.05, 3.63) is 94.8 Å². The molecule has 0 saturated carbocycles. The Bertz CT molecular complexity index is 1210. The zero-order valence-corrected chi connectivity index (χ0v) is 17.3. The van der Waals surface area contributed by atoms with E-state index < -0.39 is 5.91 Å². The predicted molar refractivity (Wildman–Crippen MR) is 117 cm³/mol. The zero-order valence-electron chi connectivity index (χ0n) is 16.5. The second-order valence-electron chi connectivity index (χ2n) is 6.66. The normalized spacial score (nSPS) is 10.7. The fourth-order valence-corrected chi connectivity index (χ4v) is 3.13. The van der Waals surface area contributed by atoms with Crippen LogP contribution < -0.4 is 10.1 Å². The van der Waals surface area contributed by atoms with Crippen LogP contribution in [0.3, 0.4) is 0 Å². The number of methoxy groups -OCH3 is 1. The lowest BCUT2D eigenvalue weighted by Gasteiger charge is -2.10. The molecule has 0 spiro atoms. The van der Waals surface area contributed by atoms with Gasteiger partial charge in [-0.1, -0.05) is 35.9 Å². The molecule has 0 bridgehead atoms. The van der Waals surface area contributed by atoms with Gasteiger partial charge in [0.15, 0.2) is 5.82 Å². The third kappa shape index (κ3) is 4.57. The lowest BCUT2D eigenvalue weighted by molar-refractivity contribution is 0.0944. The van der Waals surface area contributed by atoms with Crippen LogP contribution >= 0.6 is 11.6 Å². The molecule has 4 aromatic rings. The van der Waals surface area contributed by atoms with Crippen molar-refractivity contribution in [2.75, 3.05) is 12.4 Å². The highest BCUT2D eigenvalue weighted by Gasteiger charge is 2.21. The molecule has 0 atom stereocenters. The van der Waals surface area contributed by atoms with Crippen molar-refractivity contribution in [3.8, 4) is 17.1 Å². The fourth-order valence-electron chi connectivity index (χ4n) is 3.01. The number of aromatic nitrogens is 3. The highest BCUT2D eigenvalue weighted by atomic mass is 35.5. The van der Waals surface area contributed by atoms with E-state index in [9.17, 15) is 9.18 Å². The summed E-state index contributed by atoms with van der Waals surface area (Å²) in [7, 11) is 1.50. The van der Waals surface area contributed by atoms with Gasteiger partial charge in [0.2, 0.25) is 5.95 Å². The van der Waals surface area contributed by atoms with E-state index >= 15 is 0 Å². The van der Waals surface area contributed by atoms with E-state index in [1.54, 1.807) is 60.7 Å². The monoisotopic (exact) mass is 436 g/mol. The molecule has 0 saturated heterocycles. The van der Waals surface area contributed by atoms with Crippen LogP contribution in [-0.2, 0) is 6.54 Å². The maximum atomic E-state index is 13.3. The molecule has 0 unspecified atom stereocenters. The largest absolute Gasteiger partial charge is 0.496 e. The number of anilines is 1. The first-order chi connectivity index (χ1) is 15.0. The molecule has 1 N–H and O–H groups in total. The Morgan fingerprint density at radius 3 is 2.48 bits per heavy atom. The van der Waals surface area contributed by atoms with Crippen LogP contribution in [0.1, 0.15) is 15.9 Å². The van der Waals surface area contributed by atoms with Gasteiger partial charge >= 0.3 is 0 Å². The van der Waals surface area contributed by atoms with Gasteiger partial charge in [0, 0.05) is 17.1 Å². The topological polar surface area (TPSA) is 69.0 Å². The van der Waals surface area contributed by atoms with Gasteiger partial charge in [-0.2, -0.15) is 9.67 Å². The number of ether oxygens (including phenoxy) is 1. The Kier molecular flexibility index (Phi) is 5.95. The molecule has 0 aliphatic rings. The summed E-state index contributed by atoms with van der Waals surface area (Å²) in [5, 5.41) is 8.13. The molecule has 1 aromatic heterocycles. The molecular formula is C23H18ClFN4O2. The van der Waals surface area contributed by atoms with Crippen molar-refractivity contribution in [3.63, 3.8) is 0 Å².